The van der Waals surface area contributed by atoms with E-state index in [9.17, 15) is 4.79 Å². The van der Waals surface area contributed by atoms with Gasteiger partial charge >= 0.3 is 0 Å². The lowest BCUT2D eigenvalue weighted by atomic mass is 10.0. The molecule has 1 aromatic carbocycles. The number of rotatable bonds is 6. The molecule has 0 aliphatic carbocycles. The van der Waals surface area contributed by atoms with Gasteiger partial charge in [-0.3, -0.25) is 9.78 Å². The molecule has 2 aromatic heterocycles. The number of nitrogens with zero attached hydrogens (tertiary/aromatic N) is 3. The fourth-order valence-electron chi connectivity index (χ4n) is 2.66. The Labute approximate surface area is 141 Å². The number of imidazole rings is 1. The van der Waals surface area contributed by atoms with Gasteiger partial charge in [0.2, 0.25) is 0 Å². The van der Waals surface area contributed by atoms with Gasteiger partial charge in [-0.15, -0.1) is 0 Å². The fraction of sp³-hybridized carbons (Fsp3) is 0.211. The number of carbonyl (C=O) groups excluding carboxylic acids is 1. The largest absolute Gasteiger partial charge is 0.345 e. The number of hydrogen-bond acceptors (Lipinski definition) is 3. The second kappa shape index (κ2) is 7.55. The van der Waals surface area contributed by atoms with Crippen LogP contribution in [0, 0.1) is 6.92 Å². The predicted octanol–water partition coefficient (Wildman–Crippen LogP) is 3.15. The van der Waals surface area contributed by atoms with Gasteiger partial charge in [0.25, 0.3) is 5.91 Å². The third-order valence-corrected chi connectivity index (χ3v) is 4.03. The third-order valence-electron chi connectivity index (χ3n) is 4.03. The second-order valence-corrected chi connectivity index (χ2v) is 5.63. The van der Waals surface area contributed by atoms with E-state index in [-0.39, 0.29) is 11.9 Å². The minimum atomic E-state index is -0.0893. The molecule has 0 bridgehead atoms. The Kier molecular flexibility index (Phi) is 5.01. The van der Waals surface area contributed by atoms with Gasteiger partial charge in [-0.05, 0) is 31.0 Å². The van der Waals surface area contributed by atoms with Crippen molar-refractivity contribution in [2.24, 2.45) is 0 Å². The van der Waals surface area contributed by atoms with Crippen LogP contribution in [0.2, 0.25) is 0 Å². The zero-order valence-electron chi connectivity index (χ0n) is 13.6. The van der Waals surface area contributed by atoms with Crippen LogP contribution >= 0.6 is 0 Å². The Morgan fingerprint density at radius 2 is 1.88 bits per heavy atom. The van der Waals surface area contributed by atoms with E-state index in [4.69, 9.17) is 0 Å². The van der Waals surface area contributed by atoms with E-state index in [0.29, 0.717) is 5.56 Å². The number of amides is 1. The molecule has 1 N–H and O–H groups in total. The summed E-state index contributed by atoms with van der Waals surface area (Å²) >= 11 is 0. The summed E-state index contributed by atoms with van der Waals surface area (Å²) in [5.74, 6) is 0.885. The molecule has 0 spiro atoms. The molecule has 2 heterocycles. The molecule has 1 atom stereocenters. The number of benzene rings is 1. The second-order valence-electron chi connectivity index (χ2n) is 5.63. The molecule has 0 aliphatic rings. The molecule has 0 saturated carbocycles. The molecule has 5 nitrogen and oxygen atoms in total. The van der Waals surface area contributed by atoms with Crippen molar-refractivity contribution in [2.45, 2.75) is 25.9 Å². The van der Waals surface area contributed by atoms with Gasteiger partial charge in [0.1, 0.15) is 5.82 Å². The molecule has 1 amide bonds. The van der Waals surface area contributed by atoms with Gasteiger partial charge in [0.15, 0.2) is 0 Å². The van der Waals surface area contributed by atoms with Crippen LogP contribution in [0.4, 0.5) is 0 Å². The Morgan fingerprint density at radius 1 is 1.12 bits per heavy atom. The molecular weight excluding hydrogens is 300 g/mol. The Hall–Kier alpha value is -2.95. The highest BCUT2D eigenvalue weighted by Gasteiger charge is 2.16. The van der Waals surface area contributed by atoms with E-state index >= 15 is 0 Å². The zero-order valence-corrected chi connectivity index (χ0v) is 13.6. The quantitative estimate of drug-likeness (QED) is 0.759. The minimum absolute atomic E-state index is 0.0614. The summed E-state index contributed by atoms with van der Waals surface area (Å²) < 4.78 is 2.09. The standard InChI is InChI=1S/C19H20N4O/c1-15-21-12-14-23(15)13-9-18(16-5-3-2-4-6-16)22-19(24)17-7-10-20-11-8-17/h2-8,10-12,14,18H,9,13H2,1H3,(H,22,24). The Balaban J connectivity index is 1.75. The van der Waals surface area contributed by atoms with Crippen LogP contribution in [0.5, 0.6) is 0 Å². The van der Waals surface area contributed by atoms with Gasteiger partial charge in [0.05, 0.1) is 6.04 Å². The summed E-state index contributed by atoms with van der Waals surface area (Å²) in [6, 6.07) is 13.4. The van der Waals surface area contributed by atoms with E-state index in [1.54, 1.807) is 30.7 Å². The first-order valence-electron chi connectivity index (χ1n) is 7.97. The van der Waals surface area contributed by atoms with Crippen molar-refractivity contribution in [3.05, 3.63) is 84.2 Å². The van der Waals surface area contributed by atoms with Crippen LogP contribution in [0.15, 0.2) is 67.3 Å². The summed E-state index contributed by atoms with van der Waals surface area (Å²) in [6.45, 7) is 2.77. The van der Waals surface area contributed by atoms with Crippen molar-refractivity contribution in [1.29, 1.82) is 0 Å². The summed E-state index contributed by atoms with van der Waals surface area (Å²) in [4.78, 5) is 20.7. The highest BCUT2D eigenvalue weighted by Crippen LogP contribution is 2.18. The van der Waals surface area contributed by atoms with Crippen LogP contribution < -0.4 is 5.32 Å². The number of nitrogens with one attached hydrogen (secondary N) is 1. The molecule has 122 valence electrons. The van der Waals surface area contributed by atoms with Crippen molar-refractivity contribution >= 4 is 5.91 Å². The number of pyridine rings is 1. The van der Waals surface area contributed by atoms with Gasteiger partial charge < -0.3 is 9.88 Å². The van der Waals surface area contributed by atoms with Crippen molar-refractivity contribution in [1.82, 2.24) is 19.9 Å². The lowest BCUT2D eigenvalue weighted by Crippen LogP contribution is -2.29. The maximum Gasteiger partial charge on any atom is 0.251 e. The van der Waals surface area contributed by atoms with E-state index in [1.165, 1.54) is 0 Å². The van der Waals surface area contributed by atoms with Crippen LogP contribution in [0.3, 0.4) is 0 Å². The van der Waals surface area contributed by atoms with E-state index in [2.05, 4.69) is 19.9 Å². The molecule has 24 heavy (non-hydrogen) atoms. The Bertz CT molecular complexity index is 783. The molecular formula is C19H20N4O. The summed E-state index contributed by atoms with van der Waals surface area (Å²) in [5, 5.41) is 3.13. The number of carbonyl (C=O) groups is 1. The average molecular weight is 320 g/mol. The monoisotopic (exact) mass is 320 g/mol. The fourth-order valence-corrected chi connectivity index (χ4v) is 2.66. The van der Waals surface area contributed by atoms with Crippen molar-refractivity contribution in [2.75, 3.05) is 0 Å². The first-order chi connectivity index (χ1) is 11.7. The van der Waals surface area contributed by atoms with Gasteiger partial charge in [0, 0.05) is 36.9 Å². The molecule has 5 heteroatoms. The lowest BCUT2D eigenvalue weighted by Gasteiger charge is -2.20. The lowest BCUT2D eigenvalue weighted by molar-refractivity contribution is 0.0933. The Morgan fingerprint density at radius 3 is 2.54 bits per heavy atom. The van der Waals surface area contributed by atoms with Crippen LogP contribution in [0.25, 0.3) is 0 Å². The molecule has 3 aromatic rings. The van der Waals surface area contributed by atoms with Crippen molar-refractivity contribution in [3.63, 3.8) is 0 Å². The first kappa shape index (κ1) is 15.9. The third kappa shape index (κ3) is 3.87. The summed E-state index contributed by atoms with van der Waals surface area (Å²) in [6.07, 6.45) is 7.80. The van der Waals surface area contributed by atoms with Crippen LogP contribution in [-0.2, 0) is 6.54 Å². The van der Waals surface area contributed by atoms with E-state index in [0.717, 1.165) is 24.4 Å². The van der Waals surface area contributed by atoms with Crippen LogP contribution in [0.1, 0.15) is 34.2 Å². The smallest absolute Gasteiger partial charge is 0.251 e. The van der Waals surface area contributed by atoms with E-state index in [1.807, 2.05) is 43.5 Å². The maximum atomic E-state index is 12.5. The first-order valence-corrected chi connectivity index (χ1v) is 7.97. The van der Waals surface area contributed by atoms with Crippen molar-refractivity contribution in [3.8, 4) is 0 Å². The number of aromatic nitrogens is 3. The zero-order chi connectivity index (χ0) is 16.8. The van der Waals surface area contributed by atoms with Crippen molar-refractivity contribution < 1.29 is 4.79 Å². The number of aryl methyl sites for hydroxylation is 2. The maximum absolute atomic E-state index is 12.5. The number of hydrogen-bond donors (Lipinski definition) is 1. The van der Waals surface area contributed by atoms with Crippen LogP contribution in [-0.4, -0.2) is 20.4 Å². The van der Waals surface area contributed by atoms with Gasteiger partial charge in [-0.25, -0.2) is 4.98 Å². The molecule has 0 saturated heterocycles. The van der Waals surface area contributed by atoms with E-state index < -0.39 is 0 Å². The SMILES string of the molecule is Cc1nccn1CCC(NC(=O)c1ccncc1)c1ccccc1. The van der Waals surface area contributed by atoms with Gasteiger partial charge in [-0.1, -0.05) is 30.3 Å². The minimum Gasteiger partial charge on any atom is -0.345 e. The normalized spacial score (nSPS) is 11.9. The summed E-state index contributed by atoms with van der Waals surface area (Å²) in [7, 11) is 0. The molecule has 0 aliphatic heterocycles. The highest BCUT2D eigenvalue weighted by atomic mass is 16.1. The highest BCUT2D eigenvalue weighted by molar-refractivity contribution is 5.94. The molecule has 1 unspecified atom stereocenters. The van der Waals surface area contributed by atoms with Gasteiger partial charge in [-0.2, -0.15) is 0 Å². The average Bonchev–Trinajstić information content (AvgIpc) is 3.05. The summed E-state index contributed by atoms with van der Waals surface area (Å²) in [5.41, 5.74) is 1.71. The molecule has 3 rings (SSSR count). The predicted molar refractivity (Wildman–Crippen MR) is 92.5 cm³/mol. The molecule has 0 radical (unpaired) electrons. The molecule has 0 fully saturated rings. The topological polar surface area (TPSA) is 59.8 Å².